The number of halogens is 2. The zero-order chi connectivity index (χ0) is 12.1. The second-order valence-corrected chi connectivity index (χ2v) is 5.81. The smallest absolute Gasteiger partial charge is 0.123 e. The van der Waals surface area contributed by atoms with Gasteiger partial charge >= 0.3 is 0 Å². The highest BCUT2D eigenvalue weighted by Gasteiger charge is 2.10. The van der Waals surface area contributed by atoms with Gasteiger partial charge in [0, 0.05) is 10.2 Å². The summed E-state index contributed by atoms with van der Waals surface area (Å²) in [4.78, 5) is 1.41. The molecule has 1 atom stereocenters. The van der Waals surface area contributed by atoms with Gasteiger partial charge in [0.2, 0.25) is 0 Å². The molecule has 0 aliphatic heterocycles. The third-order valence-corrected chi connectivity index (χ3v) is 4.54. The van der Waals surface area contributed by atoms with E-state index in [0.29, 0.717) is 5.92 Å². The van der Waals surface area contributed by atoms with E-state index in [2.05, 4.69) is 33.4 Å². The minimum atomic E-state index is -0.164. The molecule has 1 heterocycles. The van der Waals surface area contributed by atoms with E-state index >= 15 is 0 Å². The Morgan fingerprint density at radius 3 is 2.47 bits per heavy atom. The van der Waals surface area contributed by atoms with Gasteiger partial charge in [0.15, 0.2) is 0 Å². The maximum atomic E-state index is 12.8. The third-order valence-electron chi connectivity index (χ3n) is 2.73. The van der Waals surface area contributed by atoms with Crippen LogP contribution in [0, 0.1) is 11.7 Å². The number of hydrogen-bond acceptors (Lipinski definition) is 1. The first-order valence-electron chi connectivity index (χ1n) is 5.60. The molecule has 0 bridgehead atoms. The lowest BCUT2D eigenvalue weighted by atomic mass is 9.97. The summed E-state index contributed by atoms with van der Waals surface area (Å²) in [6, 6.07) is 11.1. The molecule has 0 saturated heterocycles. The van der Waals surface area contributed by atoms with Crippen molar-refractivity contribution in [3.63, 3.8) is 0 Å². The molecule has 1 aromatic carbocycles. The summed E-state index contributed by atoms with van der Waals surface area (Å²) < 4.78 is 12.8. The van der Waals surface area contributed by atoms with Crippen LogP contribution in [0.1, 0.15) is 10.4 Å². The Hall–Kier alpha value is -0.670. The van der Waals surface area contributed by atoms with Crippen molar-refractivity contribution in [3.05, 3.63) is 58.0 Å². The Labute approximate surface area is 114 Å². The van der Waals surface area contributed by atoms with Crippen molar-refractivity contribution in [2.24, 2.45) is 5.92 Å². The van der Waals surface area contributed by atoms with Crippen LogP contribution in [0.2, 0.25) is 0 Å². The standard InChI is InChI=1S/C14H14BrFS/c15-10-12(9-14-2-1-7-17-14)8-11-3-5-13(16)6-4-11/h1-7,12H,8-10H2. The Balaban J connectivity index is 1.97. The van der Waals surface area contributed by atoms with Crippen LogP contribution in [-0.2, 0) is 12.8 Å². The van der Waals surface area contributed by atoms with Gasteiger partial charge in [-0.05, 0) is 47.9 Å². The van der Waals surface area contributed by atoms with Crippen molar-refractivity contribution in [3.8, 4) is 0 Å². The number of rotatable bonds is 5. The molecular formula is C14H14BrFS. The lowest BCUT2D eigenvalue weighted by molar-refractivity contribution is 0.592. The molecule has 0 radical (unpaired) electrons. The van der Waals surface area contributed by atoms with Crippen LogP contribution in [0.5, 0.6) is 0 Å². The molecule has 0 amide bonds. The second-order valence-electron chi connectivity index (χ2n) is 4.13. The predicted octanol–water partition coefficient (Wildman–Crippen LogP) is 4.68. The molecule has 1 unspecified atom stereocenters. The summed E-state index contributed by atoms with van der Waals surface area (Å²) >= 11 is 5.36. The van der Waals surface area contributed by atoms with Crippen LogP contribution in [0.4, 0.5) is 4.39 Å². The Morgan fingerprint density at radius 1 is 1.12 bits per heavy atom. The van der Waals surface area contributed by atoms with E-state index < -0.39 is 0 Å². The zero-order valence-electron chi connectivity index (χ0n) is 9.40. The summed E-state index contributed by atoms with van der Waals surface area (Å²) in [5.41, 5.74) is 1.20. The van der Waals surface area contributed by atoms with Crippen molar-refractivity contribution in [1.29, 1.82) is 0 Å². The maximum absolute atomic E-state index is 12.8. The molecule has 0 nitrogen and oxygen atoms in total. The van der Waals surface area contributed by atoms with Crippen molar-refractivity contribution in [2.75, 3.05) is 5.33 Å². The van der Waals surface area contributed by atoms with E-state index in [9.17, 15) is 4.39 Å². The first kappa shape index (κ1) is 12.8. The molecule has 0 saturated carbocycles. The molecule has 0 aliphatic carbocycles. The van der Waals surface area contributed by atoms with Gasteiger partial charge in [0.1, 0.15) is 5.82 Å². The average molecular weight is 313 g/mol. The molecule has 90 valence electrons. The highest BCUT2D eigenvalue weighted by molar-refractivity contribution is 9.09. The number of benzene rings is 1. The largest absolute Gasteiger partial charge is 0.207 e. The average Bonchev–Trinajstić information content (AvgIpc) is 2.84. The number of hydrogen-bond donors (Lipinski definition) is 0. The Bertz CT molecular complexity index is 436. The summed E-state index contributed by atoms with van der Waals surface area (Å²) in [5, 5.41) is 3.08. The van der Waals surface area contributed by atoms with Crippen LogP contribution < -0.4 is 0 Å². The normalized spacial score (nSPS) is 12.6. The SMILES string of the molecule is Fc1ccc(CC(CBr)Cc2cccs2)cc1. The van der Waals surface area contributed by atoms with Gasteiger partial charge in [-0.3, -0.25) is 0 Å². The minimum Gasteiger partial charge on any atom is -0.207 e. The fourth-order valence-corrected chi connectivity index (χ4v) is 3.13. The fraction of sp³-hybridized carbons (Fsp3) is 0.286. The van der Waals surface area contributed by atoms with Crippen molar-refractivity contribution < 1.29 is 4.39 Å². The quantitative estimate of drug-likeness (QED) is 0.703. The van der Waals surface area contributed by atoms with Gasteiger partial charge in [-0.1, -0.05) is 34.1 Å². The van der Waals surface area contributed by atoms with Crippen LogP contribution in [0.25, 0.3) is 0 Å². The fourth-order valence-electron chi connectivity index (χ4n) is 1.85. The van der Waals surface area contributed by atoms with E-state index in [0.717, 1.165) is 18.2 Å². The first-order chi connectivity index (χ1) is 8.28. The molecular weight excluding hydrogens is 299 g/mol. The molecule has 17 heavy (non-hydrogen) atoms. The molecule has 0 spiro atoms. The summed E-state index contributed by atoms with van der Waals surface area (Å²) in [7, 11) is 0. The van der Waals surface area contributed by atoms with Crippen molar-refractivity contribution in [2.45, 2.75) is 12.8 Å². The van der Waals surface area contributed by atoms with E-state index in [1.165, 1.54) is 22.6 Å². The molecule has 0 fully saturated rings. The van der Waals surface area contributed by atoms with Gasteiger partial charge in [-0.15, -0.1) is 11.3 Å². The molecule has 2 aromatic rings. The van der Waals surface area contributed by atoms with Gasteiger partial charge in [-0.25, -0.2) is 4.39 Å². The topological polar surface area (TPSA) is 0 Å². The highest BCUT2D eigenvalue weighted by Crippen LogP contribution is 2.20. The highest BCUT2D eigenvalue weighted by atomic mass is 79.9. The van der Waals surface area contributed by atoms with Crippen LogP contribution >= 0.6 is 27.3 Å². The van der Waals surface area contributed by atoms with Crippen LogP contribution in [0.15, 0.2) is 41.8 Å². The van der Waals surface area contributed by atoms with E-state index in [1.54, 1.807) is 11.3 Å². The predicted molar refractivity (Wildman–Crippen MR) is 75.4 cm³/mol. The Kier molecular flexibility index (Phi) is 4.75. The zero-order valence-corrected chi connectivity index (χ0v) is 11.8. The van der Waals surface area contributed by atoms with Crippen molar-refractivity contribution >= 4 is 27.3 Å². The first-order valence-corrected chi connectivity index (χ1v) is 7.61. The third kappa shape index (κ3) is 3.93. The van der Waals surface area contributed by atoms with E-state index in [1.807, 2.05) is 12.1 Å². The molecule has 1 aromatic heterocycles. The number of thiophene rings is 1. The Morgan fingerprint density at radius 2 is 1.88 bits per heavy atom. The summed E-state index contributed by atoms with van der Waals surface area (Å²) in [6.07, 6.45) is 2.07. The minimum absolute atomic E-state index is 0.164. The number of alkyl halides is 1. The molecule has 2 rings (SSSR count). The molecule has 0 N–H and O–H groups in total. The van der Waals surface area contributed by atoms with Gasteiger partial charge < -0.3 is 0 Å². The van der Waals surface area contributed by atoms with Gasteiger partial charge in [-0.2, -0.15) is 0 Å². The molecule has 0 aliphatic rings. The van der Waals surface area contributed by atoms with E-state index in [4.69, 9.17) is 0 Å². The second kappa shape index (κ2) is 6.31. The van der Waals surface area contributed by atoms with Gasteiger partial charge in [0.05, 0.1) is 0 Å². The van der Waals surface area contributed by atoms with Crippen LogP contribution in [-0.4, -0.2) is 5.33 Å². The van der Waals surface area contributed by atoms with E-state index in [-0.39, 0.29) is 5.82 Å². The van der Waals surface area contributed by atoms with Crippen molar-refractivity contribution in [1.82, 2.24) is 0 Å². The van der Waals surface area contributed by atoms with Gasteiger partial charge in [0.25, 0.3) is 0 Å². The summed E-state index contributed by atoms with van der Waals surface area (Å²) in [6.45, 7) is 0. The summed E-state index contributed by atoms with van der Waals surface area (Å²) in [5.74, 6) is 0.404. The maximum Gasteiger partial charge on any atom is 0.123 e. The lowest BCUT2D eigenvalue weighted by Crippen LogP contribution is -2.09. The van der Waals surface area contributed by atoms with Crippen LogP contribution in [0.3, 0.4) is 0 Å². The molecule has 3 heteroatoms. The monoisotopic (exact) mass is 312 g/mol. The lowest BCUT2D eigenvalue weighted by Gasteiger charge is -2.13.